The second-order valence-corrected chi connectivity index (χ2v) is 7.79. The molecule has 7 nitrogen and oxygen atoms in total. The van der Waals surface area contributed by atoms with Gasteiger partial charge >= 0.3 is 5.97 Å². The van der Waals surface area contributed by atoms with E-state index in [-0.39, 0.29) is 31.9 Å². The molecular formula is C16H28ClN3O4S. The van der Waals surface area contributed by atoms with Crippen LogP contribution < -0.4 is 10.5 Å². The summed E-state index contributed by atoms with van der Waals surface area (Å²) in [5.74, 6) is -0.0313. The minimum Gasteiger partial charge on any atom is -0.469 e. The van der Waals surface area contributed by atoms with Crippen molar-refractivity contribution >= 4 is 28.6 Å². The van der Waals surface area contributed by atoms with Crippen molar-refractivity contribution in [2.75, 3.05) is 27.2 Å². The lowest BCUT2D eigenvalue weighted by atomic mass is 9.99. The predicted octanol–water partition coefficient (Wildman–Crippen LogP) is 1.56. The Morgan fingerprint density at radius 2 is 1.76 bits per heavy atom. The van der Waals surface area contributed by atoms with Crippen LogP contribution in [0.25, 0.3) is 0 Å². The molecule has 0 aliphatic carbocycles. The number of carbonyl (C=O) groups is 1. The molecule has 0 radical (unpaired) electrons. The summed E-state index contributed by atoms with van der Waals surface area (Å²) < 4.78 is 32.3. The topological polar surface area (TPSA) is 102 Å². The Morgan fingerprint density at radius 1 is 1.24 bits per heavy atom. The standard InChI is InChI=1S/C16H27N3O4S.ClH/c1-12(2)13-5-7-14(8-6-13)15(17)11-18-24(21,22)19(3)10-9-16(20)23-4;/h5-8,12,15,18H,9-11,17H2,1-4H3;1H. The number of benzene rings is 1. The maximum atomic E-state index is 12.1. The molecule has 144 valence electrons. The lowest BCUT2D eigenvalue weighted by molar-refractivity contribution is -0.140. The third kappa shape index (κ3) is 7.70. The molecule has 0 heterocycles. The van der Waals surface area contributed by atoms with Gasteiger partial charge in [0, 0.05) is 26.2 Å². The van der Waals surface area contributed by atoms with Crippen molar-refractivity contribution in [1.82, 2.24) is 9.03 Å². The summed E-state index contributed by atoms with van der Waals surface area (Å²) in [5.41, 5.74) is 8.12. The minimum atomic E-state index is -3.69. The number of methoxy groups -OCH3 is 1. The monoisotopic (exact) mass is 393 g/mol. The van der Waals surface area contributed by atoms with Gasteiger partial charge in [-0.15, -0.1) is 12.4 Å². The van der Waals surface area contributed by atoms with Gasteiger partial charge < -0.3 is 10.5 Å². The highest BCUT2D eigenvalue weighted by molar-refractivity contribution is 7.87. The molecule has 0 spiro atoms. The number of ether oxygens (including phenoxy) is 1. The van der Waals surface area contributed by atoms with Crippen LogP contribution in [0.3, 0.4) is 0 Å². The molecule has 1 rings (SSSR count). The van der Waals surface area contributed by atoms with Gasteiger partial charge in [0.15, 0.2) is 0 Å². The number of hydrogen-bond donors (Lipinski definition) is 2. The summed E-state index contributed by atoms with van der Waals surface area (Å²) >= 11 is 0. The van der Waals surface area contributed by atoms with Crippen LogP contribution in [0.1, 0.15) is 43.4 Å². The first-order valence-electron chi connectivity index (χ1n) is 7.80. The second kappa shape index (κ2) is 10.7. The molecular weight excluding hydrogens is 366 g/mol. The van der Waals surface area contributed by atoms with E-state index in [1.165, 1.54) is 19.7 Å². The molecule has 0 saturated carbocycles. The van der Waals surface area contributed by atoms with Crippen LogP contribution in [0.4, 0.5) is 0 Å². The smallest absolute Gasteiger partial charge is 0.306 e. The van der Waals surface area contributed by atoms with Gasteiger partial charge in [0.1, 0.15) is 0 Å². The average molecular weight is 394 g/mol. The van der Waals surface area contributed by atoms with Crippen molar-refractivity contribution in [3.8, 4) is 0 Å². The van der Waals surface area contributed by atoms with Gasteiger partial charge in [-0.25, -0.2) is 4.72 Å². The Morgan fingerprint density at radius 3 is 2.24 bits per heavy atom. The SMILES string of the molecule is COC(=O)CCN(C)S(=O)(=O)NCC(N)c1ccc(C(C)C)cc1.Cl. The summed E-state index contributed by atoms with van der Waals surface area (Å²) in [6.07, 6.45) is -0.00335. The molecule has 0 aliphatic rings. The largest absolute Gasteiger partial charge is 0.469 e. The molecule has 9 heteroatoms. The maximum absolute atomic E-state index is 12.1. The van der Waals surface area contributed by atoms with E-state index < -0.39 is 22.2 Å². The van der Waals surface area contributed by atoms with Crippen molar-refractivity contribution in [2.24, 2.45) is 5.73 Å². The number of nitrogens with two attached hydrogens (primary N) is 1. The van der Waals surface area contributed by atoms with Crippen molar-refractivity contribution < 1.29 is 17.9 Å². The zero-order valence-electron chi connectivity index (χ0n) is 15.1. The van der Waals surface area contributed by atoms with E-state index in [9.17, 15) is 13.2 Å². The van der Waals surface area contributed by atoms with E-state index in [1.807, 2.05) is 24.3 Å². The molecule has 0 fully saturated rings. The lowest BCUT2D eigenvalue weighted by Crippen LogP contribution is -2.42. The van der Waals surface area contributed by atoms with Crippen LogP contribution in [0.2, 0.25) is 0 Å². The van der Waals surface area contributed by atoms with Crippen molar-refractivity contribution in [3.63, 3.8) is 0 Å². The van der Waals surface area contributed by atoms with Gasteiger partial charge in [-0.2, -0.15) is 12.7 Å². The van der Waals surface area contributed by atoms with Gasteiger partial charge in [0.25, 0.3) is 10.2 Å². The van der Waals surface area contributed by atoms with E-state index in [2.05, 4.69) is 23.3 Å². The van der Waals surface area contributed by atoms with E-state index >= 15 is 0 Å². The number of rotatable bonds is 9. The van der Waals surface area contributed by atoms with Gasteiger partial charge in [-0.1, -0.05) is 38.1 Å². The van der Waals surface area contributed by atoms with E-state index in [1.54, 1.807) is 0 Å². The number of nitrogens with one attached hydrogen (secondary N) is 1. The Balaban J connectivity index is 0.00000576. The fourth-order valence-electron chi connectivity index (χ4n) is 2.02. The molecule has 0 bridgehead atoms. The van der Waals surface area contributed by atoms with Crippen molar-refractivity contribution in [2.45, 2.75) is 32.2 Å². The number of hydrogen-bond acceptors (Lipinski definition) is 5. The molecule has 1 unspecified atom stereocenters. The third-order valence-electron chi connectivity index (χ3n) is 3.79. The van der Waals surface area contributed by atoms with Crippen LogP contribution in [-0.4, -0.2) is 45.9 Å². The third-order valence-corrected chi connectivity index (χ3v) is 5.32. The summed E-state index contributed by atoms with van der Waals surface area (Å²) in [6.45, 7) is 4.33. The van der Waals surface area contributed by atoms with E-state index in [0.29, 0.717) is 5.92 Å². The number of carbonyl (C=O) groups excluding carboxylic acids is 1. The minimum absolute atomic E-state index is 0. The van der Waals surface area contributed by atoms with E-state index in [0.717, 1.165) is 9.87 Å². The zero-order chi connectivity index (χ0) is 18.3. The Labute approximate surface area is 156 Å². The van der Waals surface area contributed by atoms with Crippen molar-refractivity contribution in [1.29, 1.82) is 0 Å². The van der Waals surface area contributed by atoms with Crippen LogP contribution in [-0.2, 0) is 19.7 Å². The Hall–Kier alpha value is -1.19. The summed E-state index contributed by atoms with van der Waals surface area (Å²) in [4.78, 5) is 11.1. The maximum Gasteiger partial charge on any atom is 0.306 e. The molecule has 0 amide bonds. The highest BCUT2D eigenvalue weighted by Crippen LogP contribution is 2.17. The quantitative estimate of drug-likeness (QED) is 0.620. The van der Waals surface area contributed by atoms with Gasteiger partial charge in [-0.3, -0.25) is 4.79 Å². The van der Waals surface area contributed by atoms with Gasteiger partial charge in [0.2, 0.25) is 0 Å². The zero-order valence-corrected chi connectivity index (χ0v) is 16.7. The molecule has 1 atom stereocenters. The highest BCUT2D eigenvalue weighted by Gasteiger charge is 2.19. The molecule has 0 aromatic heterocycles. The predicted molar refractivity (Wildman–Crippen MR) is 101 cm³/mol. The first-order chi connectivity index (χ1) is 11.2. The molecule has 1 aromatic rings. The number of nitrogens with zero attached hydrogens (tertiary/aromatic N) is 1. The summed E-state index contributed by atoms with van der Waals surface area (Å²) in [7, 11) is -1.03. The fraction of sp³-hybridized carbons (Fsp3) is 0.562. The average Bonchev–Trinajstić information content (AvgIpc) is 2.57. The first kappa shape index (κ1) is 23.8. The van der Waals surface area contributed by atoms with Gasteiger partial charge in [-0.05, 0) is 17.0 Å². The van der Waals surface area contributed by atoms with Crippen LogP contribution >= 0.6 is 12.4 Å². The van der Waals surface area contributed by atoms with E-state index in [4.69, 9.17) is 5.73 Å². The highest BCUT2D eigenvalue weighted by atomic mass is 35.5. The first-order valence-corrected chi connectivity index (χ1v) is 9.24. The van der Waals surface area contributed by atoms with Crippen molar-refractivity contribution in [3.05, 3.63) is 35.4 Å². The normalized spacial score (nSPS) is 12.8. The fourth-order valence-corrected chi connectivity index (χ4v) is 2.96. The molecule has 0 aliphatic heterocycles. The molecule has 25 heavy (non-hydrogen) atoms. The second-order valence-electron chi connectivity index (χ2n) is 5.93. The summed E-state index contributed by atoms with van der Waals surface area (Å²) in [6, 6.07) is 7.37. The number of halogens is 1. The number of esters is 1. The van der Waals surface area contributed by atoms with Crippen LogP contribution in [0.15, 0.2) is 24.3 Å². The molecule has 1 aromatic carbocycles. The Bertz CT molecular complexity index is 635. The van der Waals surface area contributed by atoms with Crippen LogP contribution in [0, 0.1) is 0 Å². The van der Waals surface area contributed by atoms with Gasteiger partial charge in [0.05, 0.1) is 13.5 Å². The Kier molecular flexibility index (Phi) is 10.2. The summed E-state index contributed by atoms with van der Waals surface area (Å²) in [5, 5.41) is 0. The molecule has 3 N–H and O–H groups in total. The lowest BCUT2D eigenvalue weighted by Gasteiger charge is -2.19. The molecule has 0 saturated heterocycles. The van der Waals surface area contributed by atoms with Crippen LogP contribution in [0.5, 0.6) is 0 Å².